The van der Waals surface area contributed by atoms with Gasteiger partial charge in [-0.15, -0.1) is 0 Å². The summed E-state index contributed by atoms with van der Waals surface area (Å²) in [6.07, 6.45) is -0.214. The summed E-state index contributed by atoms with van der Waals surface area (Å²) in [5, 5.41) is 17.2. The Morgan fingerprint density at radius 2 is 1.95 bits per heavy atom. The lowest BCUT2D eigenvalue weighted by atomic mass is 10.2. The van der Waals surface area contributed by atoms with E-state index in [1.165, 1.54) is 24.3 Å². The second-order valence-corrected chi connectivity index (χ2v) is 4.07. The number of hydrogen-bond donors (Lipinski definition) is 3. The Balaban J connectivity index is 1.93. The molecule has 104 valence electrons. The van der Waals surface area contributed by atoms with Crippen molar-refractivity contribution in [1.29, 1.82) is 0 Å². The number of hydrogen-bond acceptors (Lipinski definition) is 5. The van der Waals surface area contributed by atoms with E-state index in [0.717, 1.165) is 0 Å². The molecule has 9 nitrogen and oxygen atoms in total. The van der Waals surface area contributed by atoms with Crippen LogP contribution in [0.1, 0.15) is 6.42 Å². The predicted octanol–water partition coefficient (Wildman–Crippen LogP) is 0.131. The Morgan fingerprint density at radius 1 is 1.30 bits per heavy atom. The summed E-state index contributed by atoms with van der Waals surface area (Å²) in [5.74, 6) is -1.05. The number of imide groups is 1. The number of rotatable bonds is 4. The minimum absolute atomic E-state index is 0.0922. The topological polar surface area (TPSA) is 130 Å². The average molecular weight is 278 g/mol. The molecule has 20 heavy (non-hydrogen) atoms. The summed E-state index contributed by atoms with van der Waals surface area (Å²) >= 11 is 0. The van der Waals surface area contributed by atoms with Gasteiger partial charge < -0.3 is 10.6 Å². The van der Waals surface area contributed by atoms with Crippen molar-refractivity contribution in [3.05, 3.63) is 34.4 Å². The maximum atomic E-state index is 11.7. The van der Waals surface area contributed by atoms with Crippen LogP contribution in [0.3, 0.4) is 0 Å². The Morgan fingerprint density at radius 3 is 2.45 bits per heavy atom. The van der Waals surface area contributed by atoms with Crippen molar-refractivity contribution >= 4 is 29.2 Å². The van der Waals surface area contributed by atoms with E-state index in [0.29, 0.717) is 5.69 Å². The van der Waals surface area contributed by atoms with E-state index < -0.39 is 28.8 Å². The first-order valence-corrected chi connectivity index (χ1v) is 5.61. The fourth-order valence-corrected chi connectivity index (χ4v) is 1.67. The van der Waals surface area contributed by atoms with Gasteiger partial charge in [0.15, 0.2) is 0 Å². The number of amides is 4. The molecule has 0 aromatic heterocycles. The molecular formula is C11H10N4O5. The van der Waals surface area contributed by atoms with E-state index in [2.05, 4.69) is 10.6 Å². The molecule has 1 aliphatic rings. The first kappa shape index (κ1) is 13.5. The van der Waals surface area contributed by atoms with Gasteiger partial charge in [0.25, 0.3) is 11.6 Å². The molecule has 9 heteroatoms. The van der Waals surface area contributed by atoms with E-state index in [-0.39, 0.29) is 12.1 Å². The molecule has 0 unspecified atom stereocenters. The largest absolute Gasteiger partial charge is 0.326 e. The van der Waals surface area contributed by atoms with Crippen molar-refractivity contribution < 1.29 is 19.3 Å². The van der Waals surface area contributed by atoms with Crippen molar-refractivity contribution in [2.45, 2.75) is 12.5 Å². The molecule has 0 aliphatic carbocycles. The Bertz CT molecular complexity index is 583. The number of benzene rings is 1. The van der Waals surface area contributed by atoms with Crippen molar-refractivity contribution in [2.75, 3.05) is 5.32 Å². The minimum Gasteiger partial charge on any atom is -0.326 e. The molecular weight excluding hydrogens is 268 g/mol. The smallest absolute Gasteiger partial charge is 0.322 e. The number of nitrogens with zero attached hydrogens (tertiary/aromatic N) is 1. The number of nitro benzene ring substituents is 1. The Labute approximate surface area is 112 Å². The van der Waals surface area contributed by atoms with Crippen LogP contribution < -0.4 is 16.0 Å². The molecule has 0 spiro atoms. The number of anilines is 1. The second kappa shape index (κ2) is 5.34. The first-order valence-electron chi connectivity index (χ1n) is 5.61. The molecule has 0 radical (unpaired) electrons. The van der Waals surface area contributed by atoms with Gasteiger partial charge in [-0.2, -0.15) is 0 Å². The highest BCUT2D eigenvalue weighted by Crippen LogP contribution is 2.15. The molecule has 1 aliphatic heterocycles. The number of carbonyl (C=O) groups excluding carboxylic acids is 3. The quantitative estimate of drug-likeness (QED) is 0.409. The molecule has 3 N–H and O–H groups in total. The number of urea groups is 1. The molecule has 2 rings (SSSR count). The molecule has 1 aromatic rings. The van der Waals surface area contributed by atoms with Crippen molar-refractivity contribution in [3.8, 4) is 0 Å². The van der Waals surface area contributed by atoms with Crippen LogP contribution in [-0.2, 0) is 9.59 Å². The monoisotopic (exact) mass is 278 g/mol. The standard InChI is InChI=1S/C11H10N4O5/c16-9(5-8-10(17)14-11(18)13-8)12-6-1-3-7(4-2-6)15(19)20/h1-4,8H,5H2,(H,12,16)(H2,13,14,17,18)/t8-/m0/s1. The normalized spacial score (nSPS) is 17.3. The number of nitro groups is 1. The van der Waals surface area contributed by atoms with Crippen LogP contribution in [0.5, 0.6) is 0 Å². The van der Waals surface area contributed by atoms with Crippen LogP contribution >= 0.6 is 0 Å². The molecule has 0 saturated carbocycles. The van der Waals surface area contributed by atoms with Crippen LogP contribution in [0.15, 0.2) is 24.3 Å². The van der Waals surface area contributed by atoms with Crippen molar-refractivity contribution in [3.63, 3.8) is 0 Å². The van der Waals surface area contributed by atoms with Gasteiger partial charge in [-0.3, -0.25) is 25.0 Å². The summed E-state index contributed by atoms with van der Waals surface area (Å²) in [6.45, 7) is 0. The molecule has 1 fully saturated rings. The third-order valence-electron chi connectivity index (χ3n) is 2.61. The second-order valence-electron chi connectivity index (χ2n) is 4.07. The molecule has 0 bridgehead atoms. The third kappa shape index (κ3) is 3.07. The molecule has 1 aromatic carbocycles. The zero-order chi connectivity index (χ0) is 14.7. The Kier molecular flexibility index (Phi) is 3.60. The number of carbonyl (C=O) groups is 3. The van der Waals surface area contributed by atoms with Gasteiger partial charge in [-0.1, -0.05) is 0 Å². The fourth-order valence-electron chi connectivity index (χ4n) is 1.67. The number of nitrogens with one attached hydrogen (secondary N) is 3. The predicted molar refractivity (Wildman–Crippen MR) is 66.8 cm³/mol. The van der Waals surface area contributed by atoms with Gasteiger partial charge in [-0.25, -0.2) is 4.79 Å². The highest BCUT2D eigenvalue weighted by atomic mass is 16.6. The van der Waals surface area contributed by atoms with E-state index in [4.69, 9.17) is 0 Å². The van der Waals surface area contributed by atoms with E-state index in [9.17, 15) is 24.5 Å². The zero-order valence-corrected chi connectivity index (χ0v) is 10.1. The zero-order valence-electron chi connectivity index (χ0n) is 10.1. The van der Waals surface area contributed by atoms with Gasteiger partial charge in [-0.05, 0) is 12.1 Å². The van der Waals surface area contributed by atoms with Crippen molar-refractivity contribution in [2.24, 2.45) is 0 Å². The molecule has 4 amide bonds. The lowest BCUT2D eigenvalue weighted by Crippen LogP contribution is -2.33. The van der Waals surface area contributed by atoms with Gasteiger partial charge >= 0.3 is 6.03 Å². The minimum atomic E-state index is -0.902. The maximum Gasteiger partial charge on any atom is 0.322 e. The highest BCUT2D eigenvalue weighted by Gasteiger charge is 2.31. The molecule has 1 heterocycles. The number of non-ortho nitro benzene ring substituents is 1. The van der Waals surface area contributed by atoms with E-state index in [1.54, 1.807) is 0 Å². The molecule has 1 saturated heterocycles. The first-order chi connectivity index (χ1) is 9.45. The van der Waals surface area contributed by atoms with Crippen LogP contribution in [0, 0.1) is 10.1 Å². The summed E-state index contributed by atoms with van der Waals surface area (Å²) in [5.41, 5.74) is 0.274. The van der Waals surface area contributed by atoms with Crippen LogP contribution in [-0.4, -0.2) is 28.8 Å². The summed E-state index contributed by atoms with van der Waals surface area (Å²) < 4.78 is 0. The SMILES string of the molecule is O=C(C[C@@H]1NC(=O)NC1=O)Nc1ccc([N+](=O)[O-])cc1. The van der Waals surface area contributed by atoms with Gasteiger partial charge in [0.05, 0.1) is 11.3 Å². The fraction of sp³-hybridized carbons (Fsp3) is 0.182. The summed E-state index contributed by atoms with van der Waals surface area (Å²) in [6, 6.07) is 3.72. The van der Waals surface area contributed by atoms with E-state index in [1.807, 2.05) is 5.32 Å². The van der Waals surface area contributed by atoms with Crippen LogP contribution in [0.2, 0.25) is 0 Å². The van der Waals surface area contributed by atoms with Crippen molar-refractivity contribution in [1.82, 2.24) is 10.6 Å². The third-order valence-corrected chi connectivity index (χ3v) is 2.61. The van der Waals surface area contributed by atoms with Crippen LogP contribution in [0.25, 0.3) is 0 Å². The maximum absolute atomic E-state index is 11.7. The highest BCUT2D eigenvalue weighted by molar-refractivity contribution is 6.06. The van der Waals surface area contributed by atoms with Gasteiger partial charge in [0.2, 0.25) is 5.91 Å². The van der Waals surface area contributed by atoms with Gasteiger partial charge in [0.1, 0.15) is 6.04 Å². The summed E-state index contributed by atoms with van der Waals surface area (Å²) in [7, 11) is 0. The molecule has 1 atom stereocenters. The van der Waals surface area contributed by atoms with E-state index >= 15 is 0 Å². The lowest BCUT2D eigenvalue weighted by molar-refractivity contribution is -0.384. The lowest BCUT2D eigenvalue weighted by Gasteiger charge is -2.08. The average Bonchev–Trinajstić information content (AvgIpc) is 2.68. The summed E-state index contributed by atoms with van der Waals surface area (Å²) in [4.78, 5) is 43.7. The van der Waals surface area contributed by atoms with Crippen LogP contribution in [0.4, 0.5) is 16.2 Å². The Hall–Kier alpha value is -2.97. The van der Waals surface area contributed by atoms with Gasteiger partial charge in [0, 0.05) is 17.8 Å².